The Balaban J connectivity index is 3.19. The molecule has 3 N–H and O–H groups in total. The van der Waals surface area contributed by atoms with Crippen LogP contribution in [0.15, 0.2) is 18.2 Å². The number of nitrogens with two attached hydrogens (primary N) is 1. The van der Waals surface area contributed by atoms with E-state index in [2.05, 4.69) is 0 Å². The number of benzene rings is 1. The summed E-state index contributed by atoms with van der Waals surface area (Å²) in [5.74, 6) is -0.538. The molecule has 1 unspecified atom stereocenters. The molecule has 1 aromatic rings. The van der Waals surface area contributed by atoms with E-state index in [9.17, 15) is 9.50 Å². The van der Waals surface area contributed by atoms with Crippen molar-refractivity contribution in [1.29, 1.82) is 0 Å². The monoisotopic (exact) mass is 217 g/mol. The third-order valence-corrected chi connectivity index (χ3v) is 2.31. The van der Waals surface area contributed by atoms with Gasteiger partial charge in [0.2, 0.25) is 0 Å². The van der Waals surface area contributed by atoms with Crippen LogP contribution in [0.4, 0.5) is 4.39 Å². The smallest absolute Gasteiger partial charge is 0.130 e. The van der Waals surface area contributed by atoms with Crippen LogP contribution in [0.2, 0.25) is 5.02 Å². The number of hydrogen-bond donors (Lipinski definition) is 2. The van der Waals surface area contributed by atoms with Crippen LogP contribution in [0.5, 0.6) is 0 Å². The molecule has 0 aromatic heterocycles. The summed E-state index contributed by atoms with van der Waals surface area (Å²) in [6.07, 6.45) is -1.11. The first-order valence-corrected chi connectivity index (χ1v) is 4.62. The van der Waals surface area contributed by atoms with Crippen molar-refractivity contribution in [3.8, 4) is 0 Å². The Labute approximate surface area is 87.5 Å². The van der Waals surface area contributed by atoms with E-state index in [0.717, 1.165) is 0 Å². The number of hydrogen-bond acceptors (Lipinski definition) is 2. The van der Waals surface area contributed by atoms with Gasteiger partial charge in [0.15, 0.2) is 0 Å². The lowest BCUT2D eigenvalue weighted by Gasteiger charge is -2.27. The van der Waals surface area contributed by atoms with Gasteiger partial charge in [-0.2, -0.15) is 0 Å². The summed E-state index contributed by atoms with van der Waals surface area (Å²) in [7, 11) is 0. The highest BCUT2D eigenvalue weighted by atomic mass is 35.5. The first-order chi connectivity index (χ1) is 6.34. The fourth-order valence-corrected chi connectivity index (χ4v) is 1.41. The van der Waals surface area contributed by atoms with Gasteiger partial charge in [0.25, 0.3) is 0 Å². The predicted octanol–water partition coefficient (Wildman–Crippen LogP) is 2.25. The molecule has 0 aliphatic heterocycles. The summed E-state index contributed by atoms with van der Waals surface area (Å²) >= 11 is 5.77. The van der Waals surface area contributed by atoms with Crippen LogP contribution in [-0.2, 0) is 0 Å². The van der Waals surface area contributed by atoms with Gasteiger partial charge in [-0.15, -0.1) is 0 Å². The Hall–Kier alpha value is -0.640. The van der Waals surface area contributed by atoms with Crippen molar-refractivity contribution in [3.05, 3.63) is 34.6 Å². The molecule has 1 atom stereocenters. The average Bonchev–Trinajstić information content (AvgIpc) is 2.01. The third kappa shape index (κ3) is 2.23. The zero-order chi connectivity index (χ0) is 10.9. The molecule has 0 spiro atoms. The second-order valence-corrected chi connectivity index (χ2v) is 4.27. The zero-order valence-corrected chi connectivity index (χ0v) is 8.85. The van der Waals surface area contributed by atoms with Gasteiger partial charge in [-0.05, 0) is 26.0 Å². The van der Waals surface area contributed by atoms with Crippen molar-refractivity contribution in [3.63, 3.8) is 0 Å². The normalized spacial score (nSPS) is 14.1. The molecule has 0 saturated heterocycles. The molecule has 14 heavy (non-hydrogen) atoms. The van der Waals surface area contributed by atoms with Crippen LogP contribution in [0, 0.1) is 5.82 Å². The van der Waals surface area contributed by atoms with E-state index in [1.54, 1.807) is 13.8 Å². The van der Waals surface area contributed by atoms with Crippen molar-refractivity contribution in [1.82, 2.24) is 0 Å². The fourth-order valence-electron chi connectivity index (χ4n) is 1.14. The maximum Gasteiger partial charge on any atom is 0.130 e. The molecule has 0 aliphatic carbocycles. The van der Waals surface area contributed by atoms with Gasteiger partial charge in [-0.3, -0.25) is 0 Å². The van der Waals surface area contributed by atoms with Crippen LogP contribution in [0.3, 0.4) is 0 Å². The summed E-state index contributed by atoms with van der Waals surface area (Å²) in [6.45, 7) is 3.22. The summed E-state index contributed by atoms with van der Waals surface area (Å²) in [6, 6.07) is 4.25. The van der Waals surface area contributed by atoms with Crippen molar-refractivity contribution < 1.29 is 9.50 Å². The van der Waals surface area contributed by atoms with E-state index in [1.807, 2.05) is 0 Å². The van der Waals surface area contributed by atoms with E-state index in [0.29, 0.717) is 0 Å². The largest absolute Gasteiger partial charge is 0.386 e. The molecule has 1 rings (SSSR count). The average molecular weight is 218 g/mol. The van der Waals surface area contributed by atoms with E-state index in [1.165, 1.54) is 18.2 Å². The van der Waals surface area contributed by atoms with E-state index < -0.39 is 17.5 Å². The van der Waals surface area contributed by atoms with Crippen LogP contribution in [0.25, 0.3) is 0 Å². The van der Waals surface area contributed by atoms with E-state index >= 15 is 0 Å². The Morgan fingerprint density at radius 3 is 2.50 bits per heavy atom. The maximum absolute atomic E-state index is 13.3. The Morgan fingerprint density at radius 1 is 1.50 bits per heavy atom. The maximum atomic E-state index is 13.3. The molecule has 0 bridgehead atoms. The number of aliphatic hydroxyl groups excluding tert-OH is 1. The summed E-state index contributed by atoms with van der Waals surface area (Å²) in [5, 5.41) is 9.96. The first-order valence-electron chi connectivity index (χ1n) is 4.25. The SMILES string of the molecule is CC(C)(N)C(O)c1c(F)cccc1Cl. The van der Waals surface area contributed by atoms with Crippen molar-refractivity contribution in [2.75, 3.05) is 0 Å². The summed E-state index contributed by atoms with van der Waals surface area (Å²) < 4.78 is 13.3. The van der Waals surface area contributed by atoms with Crippen LogP contribution < -0.4 is 5.73 Å². The molecule has 0 amide bonds. The molecular weight excluding hydrogens is 205 g/mol. The number of halogens is 2. The number of aliphatic hydroxyl groups is 1. The molecule has 4 heteroatoms. The van der Waals surface area contributed by atoms with Crippen molar-refractivity contribution >= 4 is 11.6 Å². The highest BCUT2D eigenvalue weighted by Gasteiger charge is 2.28. The van der Waals surface area contributed by atoms with E-state index in [-0.39, 0.29) is 10.6 Å². The van der Waals surface area contributed by atoms with Gasteiger partial charge in [0.1, 0.15) is 11.9 Å². The minimum absolute atomic E-state index is 0.0571. The van der Waals surface area contributed by atoms with E-state index in [4.69, 9.17) is 17.3 Å². The van der Waals surface area contributed by atoms with Gasteiger partial charge < -0.3 is 10.8 Å². The highest BCUT2D eigenvalue weighted by Crippen LogP contribution is 2.31. The molecular formula is C10H13ClFNO. The molecule has 0 saturated carbocycles. The van der Waals surface area contributed by atoms with Gasteiger partial charge in [0, 0.05) is 16.1 Å². The predicted molar refractivity (Wildman–Crippen MR) is 54.6 cm³/mol. The molecule has 2 nitrogen and oxygen atoms in total. The minimum Gasteiger partial charge on any atom is -0.386 e. The van der Waals surface area contributed by atoms with Crippen LogP contribution in [0.1, 0.15) is 25.5 Å². The van der Waals surface area contributed by atoms with Gasteiger partial charge in [-0.25, -0.2) is 4.39 Å². The Kier molecular flexibility index (Phi) is 3.14. The van der Waals surface area contributed by atoms with Gasteiger partial charge >= 0.3 is 0 Å². The van der Waals surface area contributed by atoms with Crippen LogP contribution in [-0.4, -0.2) is 10.6 Å². The lowest BCUT2D eigenvalue weighted by atomic mass is 9.92. The minimum atomic E-state index is -1.11. The second-order valence-electron chi connectivity index (χ2n) is 3.86. The summed E-state index contributed by atoms with van der Waals surface area (Å²) in [5.41, 5.74) is 4.81. The molecule has 78 valence electrons. The van der Waals surface area contributed by atoms with Gasteiger partial charge in [-0.1, -0.05) is 17.7 Å². The first kappa shape index (κ1) is 11.4. The van der Waals surface area contributed by atoms with Gasteiger partial charge in [0.05, 0.1) is 0 Å². The summed E-state index contributed by atoms with van der Waals surface area (Å²) in [4.78, 5) is 0. The van der Waals surface area contributed by atoms with Crippen molar-refractivity contribution in [2.24, 2.45) is 5.73 Å². The molecule has 1 aromatic carbocycles. The quantitative estimate of drug-likeness (QED) is 0.798. The zero-order valence-electron chi connectivity index (χ0n) is 8.09. The third-order valence-electron chi connectivity index (χ3n) is 1.98. The topological polar surface area (TPSA) is 46.2 Å². The Bertz CT molecular complexity index is 315. The fraction of sp³-hybridized carbons (Fsp3) is 0.400. The molecule has 0 radical (unpaired) electrons. The standard InChI is InChI=1S/C10H13ClFNO/c1-10(2,13)9(14)8-6(11)4-3-5-7(8)12/h3-5,9,14H,13H2,1-2H3. The lowest BCUT2D eigenvalue weighted by Crippen LogP contribution is -2.39. The molecule has 0 aliphatic rings. The number of rotatable bonds is 2. The highest BCUT2D eigenvalue weighted by molar-refractivity contribution is 6.31. The molecule has 0 fully saturated rings. The molecule has 0 heterocycles. The lowest BCUT2D eigenvalue weighted by molar-refractivity contribution is 0.101. The Morgan fingerprint density at radius 2 is 2.07 bits per heavy atom. The second kappa shape index (κ2) is 3.85. The van der Waals surface area contributed by atoms with Crippen molar-refractivity contribution in [2.45, 2.75) is 25.5 Å². The van der Waals surface area contributed by atoms with Crippen LogP contribution >= 0.6 is 11.6 Å².